The standard InChI is InChI=1S/C15H26N2OS/c1-4-18-15(7-5-11(2)6-8-15)14(16)9-13-10-19-12(3)17-13/h10-11,14H,4-9,16H2,1-3H3. The van der Waals surface area contributed by atoms with Gasteiger partial charge in [-0.1, -0.05) is 6.92 Å². The van der Waals surface area contributed by atoms with Crippen LogP contribution in [0.15, 0.2) is 5.38 Å². The first kappa shape index (κ1) is 14.9. The number of hydrogen-bond donors (Lipinski definition) is 1. The first-order valence-electron chi connectivity index (χ1n) is 7.36. The van der Waals surface area contributed by atoms with Gasteiger partial charge < -0.3 is 10.5 Å². The molecule has 108 valence electrons. The Bertz CT molecular complexity index is 397. The lowest BCUT2D eigenvalue weighted by Gasteiger charge is -2.43. The highest BCUT2D eigenvalue weighted by atomic mass is 32.1. The van der Waals surface area contributed by atoms with E-state index in [-0.39, 0.29) is 11.6 Å². The Kier molecular flexibility index (Phi) is 4.98. The molecule has 1 unspecified atom stereocenters. The Hall–Kier alpha value is -0.450. The highest BCUT2D eigenvalue weighted by Gasteiger charge is 2.40. The molecule has 4 heteroatoms. The van der Waals surface area contributed by atoms with E-state index >= 15 is 0 Å². The van der Waals surface area contributed by atoms with Gasteiger partial charge in [0.2, 0.25) is 0 Å². The van der Waals surface area contributed by atoms with Crippen molar-refractivity contribution in [3.8, 4) is 0 Å². The van der Waals surface area contributed by atoms with Gasteiger partial charge in [0.05, 0.1) is 16.3 Å². The van der Waals surface area contributed by atoms with Crippen LogP contribution in [0.2, 0.25) is 0 Å². The van der Waals surface area contributed by atoms with Crippen molar-refractivity contribution in [3.63, 3.8) is 0 Å². The predicted molar refractivity (Wildman–Crippen MR) is 80.5 cm³/mol. The van der Waals surface area contributed by atoms with Gasteiger partial charge in [0.25, 0.3) is 0 Å². The molecule has 1 aromatic rings. The van der Waals surface area contributed by atoms with Crippen LogP contribution in [0.5, 0.6) is 0 Å². The highest BCUT2D eigenvalue weighted by Crippen LogP contribution is 2.37. The largest absolute Gasteiger partial charge is 0.374 e. The molecule has 2 rings (SSSR count). The fourth-order valence-electron chi connectivity index (χ4n) is 3.07. The molecule has 1 saturated carbocycles. The molecular weight excluding hydrogens is 256 g/mol. The Labute approximate surface area is 120 Å². The molecule has 1 fully saturated rings. The Morgan fingerprint density at radius 2 is 2.21 bits per heavy atom. The number of thiazole rings is 1. The van der Waals surface area contributed by atoms with Crippen LogP contribution in [-0.2, 0) is 11.2 Å². The van der Waals surface area contributed by atoms with E-state index in [4.69, 9.17) is 10.5 Å². The van der Waals surface area contributed by atoms with E-state index in [0.29, 0.717) is 0 Å². The molecule has 1 aliphatic carbocycles. The lowest BCUT2D eigenvalue weighted by molar-refractivity contribution is -0.0884. The molecule has 0 amide bonds. The van der Waals surface area contributed by atoms with Crippen LogP contribution in [-0.4, -0.2) is 23.2 Å². The van der Waals surface area contributed by atoms with Crippen LogP contribution in [0.3, 0.4) is 0 Å². The zero-order chi connectivity index (χ0) is 13.9. The van der Waals surface area contributed by atoms with Gasteiger partial charge in [-0.3, -0.25) is 0 Å². The summed E-state index contributed by atoms with van der Waals surface area (Å²) in [5.74, 6) is 0.808. The number of aromatic nitrogens is 1. The van der Waals surface area contributed by atoms with E-state index in [9.17, 15) is 0 Å². The number of hydrogen-bond acceptors (Lipinski definition) is 4. The number of ether oxygens (including phenoxy) is 1. The average Bonchev–Trinajstić information content (AvgIpc) is 2.78. The van der Waals surface area contributed by atoms with E-state index < -0.39 is 0 Å². The first-order chi connectivity index (χ1) is 9.05. The average molecular weight is 282 g/mol. The molecule has 0 spiro atoms. The summed E-state index contributed by atoms with van der Waals surface area (Å²) in [5, 5.41) is 3.24. The molecule has 19 heavy (non-hydrogen) atoms. The molecule has 0 radical (unpaired) electrons. The number of rotatable bonds is 5. The molecule has 2 N–H and O–H groups in total. The van der Waals surface area contributed by atoms with Gasteiger partial charge in [-0.2, -0.15) is 0 Å². The second-order valence-electron chi connectivity index (χ2n) is 5.85. The second-order valence-corrected chi connectivity index (χ2v) is 6.91. The highest BCUT2D eigenvalue weighted by molar-refractivity contribution is 7.09. The van der Waals surface area contributed by atoms with Crippen LogP contribution in [0.1, 0.15) is 50.2 Å². The maximum atomic E-state index is 6.50. The molecule has 0 bridgehead atoms. The minimum atomic E-state index is -0.126. The quantitative estimate of drug-likeness (QED) is 0.901. The molecule has 0 saturated heterocycles. The maximum Gasteiger partial charge on any atom is 0.0897 e. The van der Waals surface area contributed by atoms with Crippen LogP contribution in [0.4, 0.5) is 0 Å². The number of aryl methyl sites for hydroxylation is 1. The van der Waals surface area contributed by atoms with E-state index in [2.05, 4.69) is 24.2 Å². The molecule has 1 heterocycles. The van der Waals surface area contributed by atoms with E-state index in [0.717, 1.165) is 42.5 Å². The SMILES string of the molecule is CCOC1(C(N)Cc2csc(C)n2)CCC(C)CC1. The van der Waals surface area contributed by atoms with Gasteiger partial charge in [-0.05, 0) is 45.4 Å². The second kappa shape index (κ2) is 6.33. The van der Waals surface area contributed by atoms with Crippen molar-refractivity contribution in [1.82, 2.24) is 4.98 Å². The van der Waals surface area contributed by atoms with Gasteiger partial charge in [0, 0.05) is 24.4 Å². The van der Waals surface area contributed by atoms with Gasteiger partial charge in [-0.25, -0.2) is 4.98 Å². The lowest BCUT2D eigenvalue weighted by Crippen LogP contribution is -2.53. The summed E-state index contributed by atoms with van der Waals surface area (Å²) in [6.45, 7) is 7.18. The van der Waals surface area contributed by atoms with Crippen LogP contribution < -0.4 is 5.73 Å². The van der Waals surface area contributed by atoms with E-state index in [1.54, 1.807) is 11.3 Å². The summed E-state index contributed by atoms with van der Waals surface area (Å²) >= 11 is 1.70. The fourth-order valence-corrected chi connectivity index (χ4v) is 3.70. The molecule has 0 aliphatic heterocycles. The zero-order valence-electron chi connectivity index (χ0n) is 12.3. The van der Waals surface area contributed by atoms with Crippen LogP contribution in [0, 0.1) is 12.8 Å². The lowest BCUT2D eigenvalue weighted by atomic mass is 9.74. The van der Waals surface area contributed by atoms with Crippen LogP contribution >= 0.6 is 11.3 Å². The minimum absolute atomic E-state index is 0.0569. The van der Waals surface area contributed by atoms with E-state index in [1.165, 1.54) is 12.8 Å². The summed E-state index contributed by atoms with van der Waals surface area (Å²) in [6, 6.07) is 0.0569. The van der Waals surface area contributed by atoms with Crippen molar-refractivity contribution < 1.29 is 4.74 Å². The van der Waals surface area contributed by atoms with Crippen molar-refractivity contribution in [2.45, 2.75) is 64.5 Å². The number of nitrogens with zero attached hydrogens (tertiary/aromatic N) is 1. The van der Waals surface area contributed by atoms with Crippen molar-refractivity contribution >= 4 is 11.3 Å². The predicted octanol–water partition coefficient (Wildman–Crippen LogP) is 3.31. The molecule has 1 aliphatic rings. The third-order valence-corrected chi connectivity index (χ3v) is 5.15. The van der Waals surface area contributed by atoms with Crippen molar-refractivity contribution in [3.05, 3.63) is 16.1 Å². The summed E-state index contributed by atoms with van der Waals surface area (Å²) in [4.78, 5) is 4.53. The van der Waals surface area contributed by atoms with E-state index in [1.807, 2.05) is 6.92 Å². The Morgan fingerprint density at radius 3 is 2.74 bits per heavy atom. The Balaban J connectivity index is 2.05. The minimum Gasteiger partial charge on any atom is -0.374 e. The topological polar surface area (TPSA) is 48.1 Å². The molecular formula is C15H26N2OS. The fraction of sp³-hybridized carbons (Fsp3) is 0.800. The van der Waals surface area contributed by atoms with Crippen LogP contribution in [0.25, 0.3) is 0 Å². The number of nitrogens with two attached hydrogens (primary N) is 1. The molecule has 1 aromatic heterocycles. The van der Waals surface area contributed by atoms with Crippen molar-refractivity contribution in [1.29, 1.82) is 0 Å². The molecule has 3 nitrogen and oxygen atoms in total. The zero-order valence-corrected chi connectivity index (χ0v) is 13.1. The third-order valence-electron chi connectivity index (χ3n) is 4.32. The summed E-state index contributed by atoms with van der Waals surface area (Å²) in [6.07, 6.45) is 5.46. The molecule has 1 atom stereocenters. The van der Waals surface area contributed by atoms with Gasteiger partial charge in [0.1, 0.15) is 0 Å². The third kappa shape index (κ3) is 3.56. The van der Waals surface area contributed by atoms with Gasteiger partial charge >= 0.3 is 0 Å². The first-order valence-corrected chi connectivity index (χ1v) is 8.24. The maximum absolute atomic E-state index is 6.50. The monoisotopic (exact) mass is 282 g/mol. The smallest absolute Gasteiger partial charge is 0.0897 e. The summed E-state index contributed by atoms with van der Waals surface area (Å²) in [7, 11) is 0. The summed E-state index contributed by atoms with van der Waals surface area (Å²) in [5.41, 5.74) is 7.49. The van der Waals surface area contributed by atoms with Gasteiger partial charge in [-0.15, -0.1) is 11.3 Å². The normalized spacial score (nSPS) is 29.4. The summed E-state index contributed by atoms with van der Waals surface area (Å²) < 4.78 is 6.11. The Morgan fingerprint density at radius 1 is 1.53 bits per heavy atom. The molecule has 0 aromatic carbocycles. The van der Waals surface area contributed by atoms with Gasteiger partial charge in [0.15, 0.2) is 0 Å². The van der Waals surface area contributed by atoms with Crippen molar-refractivity contribution in [2.24, 2.45) is 11.7 Å². The van der Waals surface area contributed by atoms with Crippen molar-refractivity contribution in [2.75, 3.05) is 6.61 Å².